The molecule has 0 atom stereocenters. The van der Waals surface area contributed by atoms with Crippen molar-refractivity contribution in [2.24, 2.45) is 0 Å². The second-order valence-electron chi connectivity index (χ2n) is 3.51. The van der Waals surface area contributed by atoms with Crippen LogP contribution < -0.4 is 5.73 Å². The van der Waals surface area contributed by atoms with E-state index in [-0.39, 0.29) is 49.2 Å². The summed E-state index contributed by atoms with van der Waals surface area (Å²) in [7, 11) is 0. The van der Waals surface area contributed by atoms with E-state index in [4.69, 9.17) is 15.9 Å². The molecular formula is C11H16N2O4. The number of hydrogen-bond donors (Lipinski definition) is 4. The van der Waals surface area contributed by atoms with Gasteiger partial charge in [-0.25, -0.2) is 0 Å². The van der Waals surface area contributed by atoms with Crippen LogP contribution in [0.25, 0.3) is 0 Å². The Kier molecular flexibility index (Phi) is 4.74. The maximum atomic E-state index is 11.9. The molecule has 0 aliphatic heterocycles. The Morgan fingerprint density at radius 1 is 1.24 bits per heavy atom. The zero-order valence-electron chi connectivity index (χ0n) is 9.33. The first-order valence-electron chi connectivity index (χ1n) is 5.19. The number of aromatic hydroxyl groups is 1. The minimum atomic E-state index is -0.372. The largest absolute Gasteiger partial charge is 0.506 e. The van der Waals surface area contributed by atoms with Crippen LogP contribution in [0.1, 0.15) is 10.4 Å². The zero-order chi connectivity index (χ0) is 12.8. The molecule has 5 N–H and O–H groups in total. The van der Waals surface area contributed by atoms with Crippen molar-refractivity contribution < 1.29 is 20.1 Å². The molecule has 0 saturated heterocycles. The topological polar surface area (TPSA) is 107 Å². The molecule has 0 fully saturated rings. The van der Waals surface area contributed by atoms with Gasteiger partial charge in [0.1, 0.15) is 5.75 Å². The number of carbonyl (C=O) groups is 1. The lowest BCUT2D eigenvalue weighted by Crippen LogP contribution is -2.35. The number of nitrogen functional groups attached to an aromatic ring is 1. The van der Waals surface area contributed by atoms with Crippen LogP contribution in [0.15, 0.2) is 18.2 Å². The molecule has 1 rings (SSSR count). The van der Waals surface area contributed by atoms with Crippen molar-refractivity contribution in [2.75, 3.05) is 32.0 Å². The standard InChI is InChI=1S/C11H16N2O4/c12-9-2-1-8(7-10(9)16)11(17)13(3-5-14)4-6-15/h1-2,7,14-16H,3-6,12H2. The van der Waals surface area contributed by atoms with Gasteiger partial charge in [0.2, 0.25) is 0 Å². The number of aliphatic hydroxyl groups is 2. The van der Waals surface area contributed by atoms with Gasteiger partial charge in [0.15, 0.2) is 0 Å². The van der Waals surface area contributed by atoms with Crippen molar-refractivity contribution in [1.82, 2.24) is 4.90 Å². The summed E-state index contributed by atoms with van der Waals surface area (Å²) in [6.07, 6.45) is 0. The number of nitrogens with two attached hydrogens (primary N) is 1. The number of anilines is 1. The first-order chi connectivity index (χ1) is 8.10. The molecular weight excluding hydrogens is 224 g/mol. The fraction of sp³-hybridized carbons (Fsp3) is 0.364. The van der Waals surface area contributed by atoms with Crippen LogP contribution in [-0.4, -0.2) is 52.4 Å². The van der Waals surface area contributed by atoms with Crippen molar-refractivity contribution in [2.45, 2.75) is 0 Å². The Hall–Kier alpha value is -1.79. The van der Waals surface area contributed by atoms with E-state index in [0.717, 1.165) is 0 Å². The third kappa shape index (κ3) is 3.33. The number of nitrogens with zero attached hydrogens (tertiary/aromatic N) is 1. The van der Waals surface area contributed by atoms with Crippen molar-refractivity contribution in [3.63, 3.8) is 0 Å². The lowest BCUT2D eigenvalue weighted by atomic mass is 10.1. The summed E-state index contributed by atoms with van der Waals surface area (Å²) in [6.45, 7) is -0.117. The molecule has 6 nitrogen and oxygen atoms in total. The number of carbonyl (C=O) groups excluding carboxylic acids is 1. The second kappa shape index (κ2) is 6.07. The maximum absolute atomic E-state index is 11.9. The van der Waals surface area contributed by atoms with Crippen molar-refractivity contribution in [3.05, 3.63) is 23.8 Å². The molecule has 0 aliphatic carbocycles. The lowest BCUT2D eigenvalue weighted by Gasteiger charge is -2.20. The Balaban J connectivity index is 2.88. The molecule has 0 radical (unpaired) electrons. The Morgan fingerprint density at radius 3 is 2.29 bits per heavy atom. The van der Waals surface area contributed by atoms with Crippen LogP contribution in [0, 0.1) is 0 Å². The van der Waals surface area contributed by atoms with Crippen LogP contribution >= 0.6 is 0 Å². The van der Waals surface area contributed by atoms with Gasteiger partial charge in [-0.2, -0.15) is 0 Å². The van der Waals surface area contributed by atoms with Gasteiger partial charge in [-0.15, -0.1) is 0 Å². The molecule has 1 aromatic carbocycles. The number of hydrogen-bond acceptors (Lipinski definition) is 5. The van der Waals surface area contributed by atoms with Crippen molar-refractivity contribution >= 4 is 11.6 Å². The quantitative estimate of drug-likeness (QED) is 0.406. The summed E-state index contributed by atoms with van der Waals surface area (Å²) in [5, 5.41) is 27.0. The lowest BCUT2D eigenvalue weighted by molar-refractivity contribution is 0.0684. The second-order valence-corrected chi connectivity index (χ2v) is 3.51. The Morgan fingerprint density at radius 2 is 1.82 bits per heavy atom. The fourth-order valence-electron chi connectivity index (χ4n) is 1.42. The number of phenols is 1. The molecule has 0 aromatic heterocycles. The number of benzene rings is 1. The van der Waals surface area contributed by atoms with Crippen molar-refractivity contribution in [3.8, 4) is 5.75 Å². The average molecular weight is 240 g/mol. The molecule has 0 heterocycles. The molecule has 0 saturated carbocycles. The number of phenolic OH excluding ortho intramolecular Hbond substituents is 1. The van der Waals surface area contributed by atoms with Gasteiger partial charge in [-0.3, -0.25) is 4.79 Å². The van der Waals surface area contributed by atoms with E-state index in [1.165, 1.54) is 23.1 Å². The molecule has 0 bridgehead atoms. The van der Waals surface area contributed by atoms with E-state index >= 15 is 0 Å². The maximum Gasteiger partial charge on any atom is 0.254 e. The van der Waals surface area contributed by atoms with E-state index < -0.39 is 0 Å². The Labute approximate surface area is 98.9 Å². The smallest absolute Gasteiger partial charge is 0.254 e. The molecule has 94 valence electrons. The highest BCUT2D eigenvalue weighted by Crippen LogP contribution is 2.21. The summed E-state index contributed by atoms with van der Waals surface area (Å²) in [5.74, 6) is -0.535. The molecule has 0 spiro atoms. The summed E-state index contributed by atoms with van der Waals surface area (Å²) in [6, 6.07) is 4.18. The van der Waals surface area contributed by atoms with E-state index in [0.29, 0.717) is 0 Å². The number of aliphatic hydroxyl groups excluding tert-OH is 2. The summed E-state index contributed by atoms with van der Waals surface area (Å²) < 4.78 is 0. The van der Waals surface area contributed by atoms with Gasteiger partial charge in [0, 0.05) is 18.7 Å². The van der Waals surface area contributed by atoms with Gasteiger partial charge in [0.25, 0.3) is 5.91 Å². The first kappa shape index (κ1) is 13.3. The Bertz CT molecular complexity index is 389. The van der Waals surface area contributed by atoms with Crippen LogP contribution in [0.5, 0.6) is 5.75 Å². The van der Waals surface area contributed by atoms with E-state index in [1.807, 2.05) is 0 Å². The highest BCUT2D eigenvalue weighted by molar-refractivity contribution is 5.95. The van der Waals surface area contributed by atoms with E-state index in [9.17, 15) is 9.90 Å². The average Bonchev–Trinajstić information content (AvgIpc) is 2.31. The van der Waals surface area contributed by atoms with Crippen LogP contribution in [-0.2, 0) is 0 Å². The van der Waals surface area contributed by atoms with Crippen LogP contribution in [0.3, 0.4) is 0 Å². The van der Waals surface area contributed by atoms with E-state index in [2.05, 4.69) is 0 Å². The summed E-state index contributed by atoms with van der Waals surface area (Å²) in [5.41, 5.74) is 5.88. The van der Waals surface area contributed by atoms with Crippen molar-refractivity contribution in [1.29, 1.82) is 0 Å². The molecule has 1 aromatic rings. The highest BCUT2D eigenvalue weighted by atomic mass is 16.3. The summed E-state index contributed by atoms with van der Waals surface area (Å²) >= 11 is 0. The minimum Gasteiger partial charge on any atom is -0.506 e. The molecule has 17 heavy (non-hydrogen) atoms. The zero-order valence-corrected chi connectivity index (χ0v) is 9.33. The molecule has 0 unspecified atom stereocenters. The molecule has 1 amide bonds. The van der Waals surface area contributed by atoms with Gasteiger partial charge in [-0.1, -0.05) is 0 Å². The first-order valence-corrected chi connectivity index (χ1v) is 5.19. The van der Waals surface area contributed by atoms with E-state index in [1.54, 1.807) is 0 Å². The third-order valence-corrected chi connectivity index (χ3v) is 2.30. The number of amides is 1. The van der Waals surface area contributed by atoms with Crippen LogP contribution in [0.2, 0.25) is 0 Å². The van der Waals surface area contributed by atoms with Gasteiger partial charge >= 0.3 is 0 Å². The van der Waals surface area contributed by atoms with Gasteiger partial charge in [-0.05, 0) is 18.2 Å². The third-order valence-electron chi connectivity index (χ3n) is 2.30. The predicted molar refractivity (Wildman–Crippen MR) is 62.6 cm³/mol. The fourth-order valence-corrected chi connectivity index (χ4v) is 1.42. The monoisotopic (exact) mass is 240 g/mol. The van der Waals surface area contributed by atoms with Gasteiger partial charge < -0.3 is 26.0 Å². The molecule has 6 heteroatoms. The minimum absolute atomic E-state index is 0.129. The SMILES string of the molecule is Nc1ccc(C(=O)N(CCO)CCO)cc1O. The predicted octanol–water partition coefficient (Wildman–Crippen LogP) is -0.599. The summed E-state index contributed by atoms with van der Waals surface area (Å²) in [4.78, 5) is 13.2. The highest BCUT2D eigenvalue weighted by Gasteiger charge is 2.15. The number of rotatable bonds is 5. The normalized spacial score (nSPS) is 10.2. The van der Waals surface area contributed by atoms with Gasteiger partial charge in [0.05, 0.1) is 18.9 Å². The van der Waals surface area contributed by atoms with Crippen LogP contribution in [0.4, 0.5) is 5.69 Å². The molecule has 0 aliphatic rings.